The molecule has 1 rings (SSSR count). The molecular formula is C11H17N3O2S2. The third-order valence-corrected chi connectivity index (χ3v) is 3.87. The molecule has 1 heterocycles. The molecule has 0 aliphatic rings. The number of thiophene rings is 1. The first-order valence-corrected chi connectivity index (χ1v) is 7.59. The zero-order valence-electron chi connectivity index (χ0n) is 10.1. The molecule has 0 radical (unpaired) electrons. The highest BCUT2D eigenvalue weighted by atomic mass is 32.2. The Bertz CT molecular complexity index is 380. The van der Waals surface area contributed by atoms with E-state index in [2.05, 4.69) is 10.9 Å². The standard InChI is InChI=1S/C11H17N3O2S2/c1-8(12)4-6-17-7-10(15)13-14-11(16)9-3-2-5-18-9/h2-3,5,8H,4,6-7,12H2,1H3,(H,13,15)(H,14,16). The molecule has 1 atom stereocenters. The van der Waals surface area contributed by atoms with Gasteiger partial charge in [-0.05, 0) is 30.5 Å². The Labute approximate surface area is 114 Å². The van der Waals surface area contributed by atoms with Gasteiger partial charge in [0.05, 0.1) is 10.6 Å². The minimum absolute atomic E-state index is 0.152. The summed E-state index contributed by atoms with van der Waals surface area (Å²) in [5, 5.41) is 1.81. The number of amides is 2. The second-order valence-corrected chi connectivity index (χ2v) is 5.85. The van der Waals surface area contributed by atoms with E-state index in [0.717, 1.165) is 12.2 Å². The number of nitrogens with one attached hydrogen (secondary N) is 2. The smallest absolute Gasteiger partial charge is 0.279 e. The van der Waals surface area contributed by atoms with Gasteiger partial charge < -0.3 is 5.73 Å². The molecule has 0 fully saturated rings. The summed E-state index contributed by atoms with van der Waals surface area (Å²) in [7, 11) is 0. The van der Waals surface area contributed by atoms with Gasteiger partial charge in [-0.1, -0.05) is 6.07 Å². The van der Waals surface area contributed by atoms with Crippen LogP contribution in [0.15, 0.2) is 17.5 Å². The lowest BCUT2D eigenvalue weighted by Gasteiger charge is -2.07. The predicted molar refractivity (Wildman–Crippen MR) is 75.5 cm³/mol. The molecule has 5 nitrogen and oxygen atoms in total. The maximum absolute atomic E-state index is 11.5. The Morgan fingerprint density at radius 3 is 2.89 bits per heavy atom. The van der Waals surface area contributed by atoms with Crippen molar-refractivity contribution >= 4 is 34.9 Å². The highest BCUT2D eigenvalue weighted by Gasteiger charge is 2.07. The van der Waals surface area contributed by atoms with Crippen LogP contribution in [0.25, 0.3) is 0 Å². The van der Waals surface area contributed by atoms with Gasteiger partial charge in [-0.3, -0.25) is 20.4 Å². The van der Waals surface area contributed by atoms with Crippen LogP contribution in [0.3, 0.4) is 0 Å². The maximum Gasteiger partial charge on any atom is 0.279 e. The van der Waals surface area contributed by atoms with Crippen molar-refractivity contribution in [3.8, 4) is 0 Å². The van der Waals surface area contributed by atoms with Crippen LogP contribution in [0.5, 0.6) is 0 Å². The lowest BCUT2D eigenvalue weighted by Crippen LogP contribution is -2.42. The average molecular weight is 287 g/mol. The van der Waals surface area contributed by atoms with Crippen molar-refractivity contribution in [1.29, 1.82) is 0 Å². The monoisotopic (exact) mass is 287 g/mol. The van der Waals surface area contributed by atoms with Crippen molar-refractivity contribution in [2.24, 2.45) is 5.73 Å². The van der Waals surface area contributed by atoms with E-state index in [9.17, 15) is 9.59 Å². The SMILES string of the molecule is CC(N)CCSCC(=O)NNC(=O)c1cccs1. The van der Waals surface area contributed by atoms with E-state index in [4.69, 9.17) is 5.73 Å². The first-order valence-electron chi connectivity index (χ1n) is 5.55. The summed E-state index contributed by atoms with van der Waals surface area (Å²) in [6.45, 7) is 1.93. The van der Waals surface area contributed by atoms with E-state index < -0.39 is 0 Å². The van der Waals surface area contributed by atoms with Gasteiger partial charge in [0.2, 0.25) is 5.91 Å². The third-order valence-electron chi connectivity index (χ3n) is 2.01. The Balaban J connectivity index is 2.12. The van der Waals surface area contributed by atoms with Gasteiger partial charge in [-0.2, -0.15) is 11.8 Å². The van der Waals surface area contributed by atoms with Gasteiger partial charge in [0.1, 0.15) is 0 Å². The highest BCUT2D eigenvalue weighted by Crippen LogP contribution is 2.07. The Morgan fingerprint density at radius 1 is 1.50 bits per heavy atom. The quantitative estimate of drug-likeness (QED) is 0.538. The molecule has 100 valence electrons. The van der Waals surface area contributed by atoms with E-state index in [0.29, 0.717) is 10.6 Å². The zero-order valence-corrected chi connectivity index (χ0v) is 11.8. The normalized spacial score (nSPS) is 11.9. The number of hydrogen-bond donors (Lipinski definition) is 3. The van der Waals surface area contributed by atoms with Gasteiger partial charge in [0.25, 0.3) is 5.91 Å². The molecule has 1 aromatic heterocycles. The molecular weight excluding hydrogens is 270 g/mol. The summed E-state index contributed by atoms with van der Waals surface area (Å²) < 4.78 is 0. The summed E-state index contributed by atoms with van der Waals surface area (Å²) in [5.74, 6) is 0.648. The first kappa shape index (κ1) is 15.0. The molecule has 2 amide bonds. The minimum Gasteiger partial charge on any atom is -0.328 e. The topological polar surface area (TPSA) is 84.2 Å². The molecule has 0 saturated heterocycles. The summed E-state index contributed by atoms with van der Waals surface area (Å²) in [6.07, 6.45) is 0.875. The maximum atomic E-state index is 11.5. The van der Waals surface area contributed by atoms with E-state index in [1.54, 1.807) is 17.5 Å². The summed E-state index contributed by atoms with van der Waals surface area (Å²) >= 11 is 2.82. The number of rotatable bonds is 6. The molecule has 18 heavy (non-hydrogen) atoms. The molecule has 0 saturated carbocycles. The van der Waals surface area contributed by atoms with Crippen LogP contribution in [0.4, 0.5) is 0 Å². The van der Waals surface area contributed by atoms with Crippen molar-refractivity contribution in [2.45, 2.75) is 19.4 Å². The molecule has 0 spiro atoms. The minimum atomic E-state index is -0.293. The third kappa shape index (κ3) is 6.04. The van der Waals surface area contributed by atoms with E-state index in [1.165, 1.54) is 23.1 Å². The highest BCUT2D eigenvalue weighted by molar-refractivity contribution is 7.99. The Hall–Kier alpha value is -1.05. The van der Waals surface area contributed by atoms with Gasteiger partial charge in [0.15, 0.2) is 0 Å². The fourth-order valence-electron chi connectivity index (χ4n) is 1.07. The van der Waals surface area contributed by atoms with Crippen LogP contribution in [0.2, 0.25) is 0 Å². The van der Waals surface area contributed by atoms with Crippen LogP contribution >= 0.6 is 23.1 Å². The summed E-state index contributed by atoms with van der Waals surface area (Å²) in [6, 6.07) is 3.63. The molecule has 0 aliphatic heterocycles. The Kier molecular flexibility index (Phi) is 6.77. The van der Waals surface area contributed by atoms with E-state index in [-0.39, 0.29) is 17.9 Å². The number of nitrogens with two attached hydrogens (primary N) is 1. The van der Waals surface area contributed by atoms with E-state index in [1.807, 2.05) is 6.92 Å². The number of thioether (sulfide) groups is 1. The molecule has 1 unspecified atom stereocenters. The van der Waals surface area contributed by atoms with E-state index >= 15 is 0 Å². The van der Waals surface area contributed by atoms with Crippen molar-refractivity contribution in [1.82, 2.24) is 10.9 Å². The fraction of sp³-hybridized carbons (Fsp3) is 0.455. The van der Waals surface area contributed by atoms with Crippen LogP contribution < -0.4 is 16.6 Å². The van der Waals surface area contributed by atoms with Gasteiger partial charge >= 0.3 is 0 Å². The second kappa shape index (κ2) is 8.12. The molecule has 0 aliphatic carbocycles. The second-order valence-electron chi connectivity index (χ2n) is 3.80. The van der Waals surface area contributed by atoms with Crippen LogP contribution in [-0.4, -0.2) is 29.4 Å². The molecule has 4 N–H and O–H groups in total. The zero-order chi connectivity index (χ0) is 13.4. The lowest BCUT2D eigenvalue weighted by molar-refractivity contribution is -0.119. The lowest BCUT2D eigenvalue weighted by atomic mass is 10.3. The Morgan fingerprint density at radius 2 is 2.28 bits per heavy atom. The van der Waals surface area contributed by atoms with Crippen LogP contribution in [0, 0.1) is 0 Å². The van der Waals surface area contributed by atoms with Gasteiger partial charge in [0, 0.05) is 6.04 Å². The van der Waals surface area contributed by atoms with Gasteiger partial charge in [-0.15, -0.1) is 11.3 Å². The first-order chi connectivity index (χ1) is 8.59. The molecule has 1 aromatic rings. The van der Waals surface area contributed by atoms with Crippen molar-refractivity contribution in [2.75, 3.05) is 11.5 Å². The fourth-order valence-corrected chi connectivity index (χ4v) is 2.63. The molecule has 0 bridgehead atoms. The van der Waals surface area contributed by atoms with Crippen molar-refractivity contribution in [3.05, 3.63) is 22.4 Å². The van der Waals surface area contributed by atoms with Crippen LogP contribution in [0.1, 0.15) is 23.0 Å². The number of carbonyl (C=O) groups is 2. The molecule has 7 heteroatoms. The van der Waals surface area contributed by atoms with Gasteiger partial charge in [-0.25, -0.2) is 0 Å². The summed E-state index contributed by atoms with van der Waals surface area (Å²) in [4.78, 5) is 23.4. The largest absolute Gasteiger partial charge is 0.328 e. The molecule has 0 aromatic carbocycles. The number of carbonyl (C=O) groups excluding carboxylic acids is 2. The van der Waals surface area contributed by atoms with Crippen molar-refractivity contribution in [3.63, 3.8) is 0 Å². The average Bonchev–Trinajstić information content (AvgIpc) is 2.85. The number of hydrazine groups is 1. The van der Waals surface area contributed by atoms with Crippen LogP contribution in [-0.2, 0) is 4.79 Å². The number of hydrogen-bond acceptors (Lipinski definition) is 5. The predicted octanol–water partition coefficient (Wildman–Crippen LogP) is 0.980. The van der Waals surface area contributed by atoms with Crippen molar-refractivity contribution < 1.29 is 9.59 Å². The summed E-state index contributed by atoms with van der Waals surface area (Å²) in [5.41, 5.74) is 10.3.